The number of carbonyl (C=O) groups excluding carboxylic acids is 4. The molecule has 10 N–H and O–H groups in total. The summed E-state index contributed by atoms with van der Waals surface area (Å²) in [7, 11) is 0. The fourth-order valence-electron chi connectivity index (χ4n) is 3.55. The molecular formula is C24H31N7O8. The highest BCUT2D eigenvalue weighted by Crippen LogP contribution is 2.07. The minimum Gasteiger partial charge on any atom is -0.481 e. The fraction of sp³-hybridized carbons (Fsp3) is 0.375. The van der Waals surface area contributed by atoms with Gasteiger partial charge in [0.15, 0.2) is 0 Å². The number of aromatic nitrogens is 2. The van der Waals surface area contributed by atoms with Gasteiger partial charge < -0.3 is 42.6 Å². The number of H-pyrrole nitrogens is 1. The molecule has 39 heavy (non-hydrogen) atoms. The van der Waals surface area contributed by atoms with Crippen molar-refractivity contribution in [3.8, 4) is 0 Å². The minimum absolute atomic E-state index is 0.0641. The molecule has 210 valence electrons. The van der Waals surface area contributed by atoms with E-state index < -0.39 is 72.6 Å². The van der Waals surface area contributed by atoms with Crippen molar-refractivity contribution in [2.45, 2.75) is 56.3 Å². The fourth-order valence-corrected chi connectivity index (χ4v) is 3.55. The van der Waals surface area contributed by atoms with Crippen LogP contribution in [0.25, 0.3) is 0 Å². The number of primary amides is 1. The van der Waals surface area contributed by atoms with Gasteiger partial charge in [-0.2, -0.15) is 0 Å². The highest BCUT2D eigenvalue weighted by Gasteiger charge is 2.31. The molecule has 4 amide bonds. The Morgan fingerprint density at radius 2 is 1.49 bits per heavy atom. The van der Waals surface area contributed by atoms with E-state index in [-0.39, 0.29) is 19.3 Å². The Hall–Kier alpha value is -4.79. The van der Waals surface area contributed by atoms with Gasteiger partial charge in [0.1, 0.15) is 18.1 Å². The molecule has 0 spiro atoms. The second-order valence-corrected chi connectivity index (χ2v) is 8.70. The Morgan fingerprint density at radius 1 is 0.872 bits per heavy atom. The van der Waals surface area contributed by atoms with E-state index in [2.05, 4.69) is 25.9 Å². The number of carboxylic acid groups (broad SMARTS) is 2. The Kier molecular flexibility index (Phi) is 11.6. The van der Waals surface area contributed by atoms with Gasteiger partial charge in [-0.1, -0.05) is 30.3 Å². The molecule has 0 saturated carbocycles. The van der Waals surface area contributed by atoms with Crippen LogP contribution in [-0.2, 0) is 41.6 Å². The molecular weight excluding hydrogens is 514 g/mol. The van der Waals surface area contributed by atoms with Gasteiger partial charge in [-0.05, 0) is 12.0 Å². The van der Waals surface area contributed by atoms with Crippen LogP contribution in [0.2, 0.25) is 0 Å². The number of hydrogen-bond acceptors (Lipinski definition) is 8. The Labute approximate surface area is 222 Å². The summed E-state index contributed by atoms with van der Waals surface area (Å²) in [4.78, 5) is 79.4. The van der Waals surface area contributed by atoms with Crippen LogP contribution < -0.4 is 27.4 Å². The summed E-state index contributed by atoms with van der Waals surface area (Å²) in [5.41, 5.74) is 12.2. The van der Waals surface area contributed by atoms with E-state index in [1.165, 1.54) is 12.5 Å². The summed E-state index contributed by atoms with van der Waals surface area (Å²) >= 11 is 0. The Balaban J connectivity index is 2.22. The van der Waals surface area contributed by atoms with Gasteiger partial charge in [0.05, 0.1) is 18.8 Å². The number of nitrogens with zero attached hydrogens (tertiary/aromatic N) is 1. The maximum absolute atomic E-state index is 13.2. The predicted octanol–water partition coefficient (Wildman–Crippen LogP) is -2.20. The Bertz CT molecular complexity index is 1160. The van der Waals surface area contributed by atoms with Crippen LogP contribution in [0.5, 0.6) is 0 Å². The summed E-state index contributed by atoms with van der Waals surface area (Å²) in [6.07, 6.45) is 1.37. The van der Waals surface area contributed by atoms with Crippen LogP contribution in [0.1, 0.15) is 30.5 Å². The molecule has 15 nitrogen and oxygen atoms in total. The monoisotopic (exact) mass is 545 g/mol. The average Bonchev–Trinajstić information content (AvgIpc) is 3.38. The van der Waals surface area contributed by atoms with Crippen molar-refractivity contribution in [3.05, 3.63) is 54.1 Å². The standard InChI is InChI=1S/C24H31N7O8/c25-15(9-14-11-27-12-28-14)21(35)29-16(6-7-20(33)34)22(36)30-17(8-13-4-2-1-3-5-13)23(37)31-18(24(38)39)10-19(26)32/h1-5,11-12,15-18H,6-10,25H2,(H2,26,32)(H,27,28)(H,29,35)(H,30,36)(H,31,37)(H,33,34)(H,38,39). The van der Waals surface area contributed by atoms with Crippen molar-refractivity contribution < 1.29 is 39.0 Å². The quantitative estimate of drug-likeness (QED) is 0.113. The van der Waals surface area contributed by atoms with Crippen molar-refractivity contribution in [2.24, 2.45) is 11.5 Å². The second kappa shape index (κ2) is 14.8. The third-order valence-electron chi connectivity index (χ3n) is 5.55. The first kappa shape index (κ1) is 30.4. The topological polar surface area (TPSA) is 260 Å². The zero-order chi connectivity index (χ0) is 28.9. The maximum atomic E-state index is 13.2. The number of nitrogens with one attached hydrogen (secondary N) is 4. The highest BCUT2D eigenvalue weighted by atomic mass is 16.4. The summed E-state index contributed by atoms with van der Waals surface area (Å²) in [5, 5.41) is 25.5. The first-order valence-corrected chi connectivity index (χ1v) is 11.9. The van der Waals surface area contributed by atoms with Crippen molar-refractivity contribution in [1.29, 1.82) is 0 Å². The summed E-state index contributed by atoms with van der Waals surface area (Å²) < 4.78 is 0. The lowest BCUT2D eigenvalue weighted by Gasteiger charge is -2.25. The van der Waals surface area contributed by atoms with Gasteiger partial charge in [0.25, 0.3) is 0 Å². The smallest absolute Gasteiger partial charge is 0.326 e. The van der Waals surface area contributed by atoms with Crippen molar-refractivity contribution >= 4 is 35.6 Å². The lowest BCUT2D eigenvalue weighted by Crippen LogP contribution is -2.58. The molecule has 0 fully saturated rings. The van der Waals surface area contributed by atoms with Crippen LogP contribution in [0.3, 0.4) is 0 Å². The van der Waals surface area contributed by atoms with Gasteiger partial charge in [-0.15, -0.1) is 0 Å². The van der Waals surface area contributed by atoms with Crippen molar-refractivity contribution in [3.63, 3.8) is 0 Å². The Morgan fingerprint density at radius 3 is 2.05 bits per heavy atom. The number of carboxylic acids is 2. The minimum atomic E-state index is -1.65. The van der Waals surface area contributed by atoms with E-state index in [0.717, 1.165) is 0 Å². The normalized spacial score (nSPS) is 13.8. The molecule has 1 aromatic carbocycles. The molecule has 2 aromatic rings. The van der Waals surface area contributed by atoms with E-state index in [4.69, 9.17) is 16.6 Å². The van der Waals surface area contributed by atoms with Gasteiger partial charge >= 0.3 is 11.9 Å². The van der Waals surface area contributed by atoms with Crippen LogP contribution in [0.15, 0.2) is 42.9 Å². The lowest BCUT2D eigenvalue weighted by atomic mass is 10.0. The molecule has 0 radical (unpaired) electrons. The molecule has 0 aliphatic heterocycles. The lowest BCUT2D eigenvalue weighted by molar-refractivity contribution is -0.143. The third-order valence-corrected chi connectivity index (χ3v) is 5.55. The van der Waals surface area contributed by atoms with E-state index >= 15 is 0 Å². The summed E-state index contributed by atoms with van der Waals surface area (Å²) in [6.45, 7) is 0. The average molecular weight is 546 g/mol. The van der Waals surface area contributed by atoms with Gasteiger partial charge in [0.2, 0.25) is 23.6 Å². The first-order chi connectivity index (χ1) is 18.5. The number of imidazole rings is 1. The molecule has 1 aromatic heterocycles. The third kappa shape index (κ3) is 10.6. The van der Waals surface area contributed by atoms with Gasteiger partial charge in [-0.25, -0.2) is 9.78 Å². The van der Waals surface area contributed by atoms with Crippen LogP contribution in [0, 0.1) is 0 Å². The molecule has 4 unspecified atom stereocenters. The summed E-state index contributed by atoms with van der Waals surface area (Å²) in [6, 6.07) is 2.98. The van der Waals surface area contributed by atoms with Crippen molar-refractivity contribution in [2.75, 3.05) is 0 Å². The van der Waals surface area contributed by atoms with Crippen LogP contribution in [0.4, 0.5) is 0 Å². The molecule has 15 heteroatoms. The molecule has 0 bridgehead atoms. The summed E-state index contributed by atoms with van der Waals surface area (Å²) in [5.74, 6) is -6.26. The van der Waals surface area contributed by atoms with Crippen molar-refractivity contribution in [1.82, 2.24) is 25.9 Å². The molecule has 4 atom stereocenters. The second-order valence-electron chi connectivity index (χ2n) is 8.70. The number of amides is 4. The molecule has 0 aliphatic carbocycles. The van der Waals surface area contributed by atoms with Crippen LogP contribution >= 0.6 is 0 Å². The first-order valence-electron chi connectivity index (χ1n) is 11.9. The SMILES string of the molecule is NC(=O)CC(NC(=O)C(Cc1ccccc1)NC(=O)C(CCC(=O)O)NC(=O)C(N)Cc1cnc[nH]1)C(=O)O. The number of carbonyl (C=O) groups is 6. The largest absolute Gasteiger partial charge is 0.481 e. The van der Waals surface area contributed by atoms with Gasteiger partial charge in [-0.3, -0.25) is 24.0 Å². The molecule has 0 saturated heterocycles. The zero-order valence-corrected chi connectivity index (χ0v) is 20.8. The number of aromatic amines is 1. The van der Waals surface area contributed by atoms with E-state index in [9.17, 15) is 33.9 Å². The van der Waals surface area contributed by atoms with E-state index in [1.54, 1.807) is 30.3 Å². The number of aliphatic carboxylic acids is 2. The van der Waals surface area contributed by atoms with Gasteiger partial charge in [0, 0.05) is 31.2 Å². The molecule has 1 heterocycles. The predicted molar refractivity (Wildman–Crippen MR) is 135 cm³/mol. The maximum Gasteiger partial charge on any atom is 0.326 e. The van der Waals surface area contributed by atoms with E-state index in [1.807, 2.05) is 0 Å². The number of nitrogens with two attached hydrogens (primary N) is 2. The van der Waals surface area contributed by atoms with Crippen LogP contribution in [-0.4, -0.2) is 79.9 Å². The number of benzene rings is 1. The van der Waals surface area contributed by atoms with E-state index in [0.29, 0.717) is 11.3 Å². The molecule has 2 rings (SSSR count). The zero-order valence-electron chi connectivity index (χ0n) is 20.8. The number of rotatable bonds is 16. The highest BCUT2D eigenvalue weighted by molar-refractivity contribution is 5.95. The molecule has 0 aliphatic rings. The number of hydrogen-bond donors (Lipinski definition) is 8.